The van der Waals surface area contributed by atoms with E-state index in [1.165, 1.54) is 0 Å². The Balaban J connectivity index is 1.31. The van der Waals surface area contributed by atoms with Crippen molar-refractivity contribution in [2.45, 2.75) is 125 Å². The number of fused-ring (bicyclic) bond motifs is 6. The van der Waals surface area contributed by atoms with Gasteiger partial charge in [-0.25, -0.2) is 19.2 Å². The van der Waals surface area contributed by atoms with E-state index >= 15 is 0 Å². The Hall–Kier alpha value is -5.80. The third kappa shape index (κ3) is 5.83. The SMILES string of the molecule is Cc1ccc(N2C(C3CCCN3[C@@](C(N)=O)(C(=O)OC(N)=O)C3(C)Cc4ccc3cc4)CC(C)[C@@]2(C)C2CCCN2[C@@](C(N)=O)(C(=O)OC(N)=O)C2(C)Cc3ccc2cc3)cc1. The highest BCUT2D eigenvalue weighted by molar-refractivity contribution is 6.12. The van der Waals surface area contributed by atoms with Crippen LogP contribution in [0.1, 0.15) is 87.6 Å². The third-order valence-electron chi connectivity index (χ3n) is 15.9. The number of carbonyl (C=O) groups is 6. The van der Waals surface area contributed by atoms with Gasteiger partial charge in [-0.3, -0.25) is 19.4 Å². The number of carbonyl (C=O) groups excluding carboxylic acids is 6. The Morgan fingerprint density at radius 2 is 1.08 bits per heavy atom. The minimum atomic E-state index is -2.18. The predicted molar refractivity (Wildman–Crippen MR) is 229 cm³/mol. The zero-order chi connectivity index (χ0) is 44.7. The molecule has 3 fully saturated rings. The highest BCUT2D eigenvalue weighted by atomic mass is 16.6. The van der Waals surface area contributed by atoms with Crippen LogP contribution in [0, 0.1) is 12.8 Å². The van der Waals surface area contributed by atoms with Gasteiger partial charge in [-0.05, 0) is 99.1 Å². The van der Waals surface area contributed by atoms with Crippen LogP contribution in [0.25, 0.3) is 0 Å². The summed E-state index contributed by atoms with van der Waals surface area (Å²) in [4.78, 5) is 89.5. The molecule has 15 heteroatoms. The van der Waals surface area contributed by atoms with Crippen molar-refractivity contribution in [1.82, 2.24) is 9.80 Å². The molecule has 4 aliphatic carbocycles. The second-order valence-electron chi connectivity index (χ2n) is 18.9. The Morgan fingerprint density at radius 1 is 0.629 bits per heavy atom. The first-order chi connectivity index (χ1) is 29.3. The molecule has 4 amide bonds. The maximum Gasteiger partial charge on any atom is 0.412 e. The number of hydrogen-bond acceptors (Lipinski definition) is 11. The number of anilines is 1. The summed E-state index contributed by atoms with van der Waals surface area (Å²) in [6.07, 6.45) is 0.700. The molecule has 15 nitrogen and oxygen atoms in total. The number of hydrogen-bond donors (Lipinski definition) is 4. The topological polar surface area (TPSA) is 235 Å². The lowest BCUT2D eigenvalue weighted by Gasteiger charge is -2.58. The lowest BCUT2D eigenvalue weighted by atomic mass is 9.58. The first kappa shape index (κ1) is 42.9. The van der Waals surface area contributed by atoms with Gasteiger partial charge in [0.2, 0.25) is 11.1 Å². The summed E-state index contributed by atoms with van der Waals surface area (Å²) in [5, 5.41) is 0. The quantitative estimate of drug-likeness (QED) is 0.161. The Labute approximate surface area is 361 Å². The van der Waals surface area contributed by atoms with Crippen LogP contribution in [0.5, 0.6) is 0 Å². The predicted octanol–water partition coefficient (Wildman–Crippen LogP) is 3.62. The number of benzene rings is 3. The lowest BCUT2D eigenvalue weighted by Crippen LogP contribution is -2.78. The van der Waals surface area contributed by atoms with Crippen molar-refractivity contribution < 1.29 is 38.2 Å². The number of nitrogens with two attached hydrogens (primary N) is 4. The Kier molecular flexibility index (Phi) is 10.3. The minimum absolute atomic E-state index is 0.158. The van der Waals surface area contributed by atoms with Gasteiger partial charge >= 0.3 is 24.1 Å². The standard InChI is InChI=1S/C47H57N7O8/c1-27-10-20-33(21-11-27)54-35(34-8-6-22-52(34)46(37(48)55,39(57)61-41(50)59)43(3)25-29-12-16-31(43)17-13-29)24-28(2)45(54,5)36-9-7-23-53(36)47(38(49)56,40(58)62-42(51)60)44(4)26-30-14-18-32(44)19-15-30/h10-21,28,34-36H,6-9,22-26H2,1-5H3,(H2,48,55)(H2,49,56)(H2,50,59)(H2,51,60)/t28?,34?,35?,36?,43?,44?,45-,46-,47-/m0/s1. The van der Waals surface area contributed by atoms with E-state index in [4.69, 9.17) is 32.4 Å². The molecule has 0 spiro atoms. The van der Waals surface area contributed by atoms with E-state index in [0.717, 1.165) is 22.4 Å². The van der Waals surface area contributed by atoms with E-state index in [1.807, 2.05) is 103 Å². The normalized spacial score (nSPS) is 31.0. The van der Waals surface area contributed by atoms with Crippen LogP contribution in [0.15, 0.2) is 72.8 Å². The molecule has 4 bridgehead atoms. The van der Waals surface area contributed by atoms with Gasteiger partial charge in [-0.1, -0.05) is 87.0 Å². The van der Waals surface area contributed by atoms with Crippen LogP contribution >= 0.6 is 0 Å². The zero-order valence-corrected chi connectivity index (χ0v) is 36.0. The van der Waals surface area contributed by atoms with E-state index in [0.29, 0.717) is 43.2 Å². The fourth-order valence-electron chi connectivity index (χ4n) is 13.0. The summed E-state index contributed by atoms with van der Waals surface area (Å²) >= 11 is 0. The number of amides is 4. The van der Waals surface area contributed by atoms with Crippen LogP contribution in [-0.4, -0.2) is 93.6 Å². The van der Waals surface area contributed by atoms with Crippen LogP contribution in [0.2, 0.25) is 0 Å². The first-order valence-corrected chi connectivity index (χ1v) is 21.5. The molecular weight excluding hydrogens is 791 g/mol. The Morgan fingerprint density at radius 3 is 1.52 bits per heavy atom. The maximum absolute atomic E-state index is 14.8. The molecule has 3 aliphatic heterocycles. The number of aryl methyl sites for hydroxylation is 1. The van der Waals surface area contributed by atoms with Crippen LogP contribution in [0.3, 0.4) is 0 Å². The molecule has 3 aromatic rings. The lowest BCUT2D eigenvalue weighted by molar-refractivity contribution is -0.167. The van der Waals surface area contributed by atoms with E-state index < -0.39 is 81.5 Å². The molecule has 10 rings (SSSR count). The number of nitrogens with zero attached hydrogens (tertiary/aromatic N) is 3. The summed E-state index contributed by atoms with van der Waals surface area (Å²) in [5.41, 5.74) is 21.4. The van der Waals surface area contributed by atoms with Crippen molar-refractivity contribution in [3.8, 4) is 0 Å². The number of likely N-dealkylation sites (tertiary alicyclic amines) is 2. The minimum Gasteiger partial charge on any atom is -0.375 e. The molecule has 0 radical (unpaired) electrons. The molecular formula is C47H57N7O8. The molecule has 3 heterocycles. The largest absolute Gasteiger partial charge is 0.412 e. The second-order valence-corrected chi connectivity index (χ2v) is 18.9. The van der Waals surface area contributed by atoms with Crippen molar-refractivity contribution in [2.24, 2.45) is 28.9 Å². The van der Waals surface area contributed by atoms with Gasteiger partial charge in [0, 0.05) is 47.7 Å². The number of esters is 2. The average Bonchev–Trinajstić information content (AvgIpc) is 3.95. The number of ether oxygens (including phenoxy) is 2. The fraction of sp³-hybridized carbons (Fsp3) is 0.489. The summed E-state index contributed by atoms with van der Waals surface area (Å²) in [5.74, 6) is -4.32. The van der Waals surface area contributed by atoms with Gasteiger partial charge in [0.1, 0.15) is 0 Å². The summed E-state index contributed by atoms with van der Waals surface area (Å²) < 4.78 is 10.5. The van der Waals surface area contributed by atoms with Crippen LogP contribution < -0.4 is 27.8 Å². The van der Waals surface area contributed by atoms with E-state index in [9.17, 15) is 28.8 Å². The van der Waals surface area contributed by atoms with E-state index in [2.05, 4.69) is 18.7 Å². The van der Waals surface area contributed by atoms with Gasteiger partial charge < -0.3 is 37.3 Å². The average molecular weight is 848 g/mol. The van der Waals surface area contributed by atoms with Gasteiger partial charge in [0.05, 0.1) is 5.54 Å². The summed E-state index contributed by atoms with van der Waals surface area (Å²) in [6, 6.07) is 21.9. The van der Waals surface area contributed by atoms with Crippen molar-refractivity contribution in [2.75, 3.05) is 18.0 Å². The molecule has 0 saturated carbocycles. The zero-order valence-electron chi connectivity index (χ0n) is 36.0. The Bertz CT molecular complexity index is 2340. The smallest absolute Gasteiger partial charge is 0.375 e. The fourth-order valence-corrected chi connectivity index (χ4v) is 13.0. The molecule has 62 heavy (non-hydrogen) atoms. The highest BCUT2D eigenvalue weighted by Crippen LogP contribution is 2.57. The van der Waals surface area contributed by atoms with E-state index in [1.54, 1.807) is 0 Å². The molecule has 3 aromatic carbocycles. The van der Waals surface area contributed by atoms with E-state index in [-0.39, 0.29) is 31.8 Å². The van der Waals surface area contributed by atoms with Crippen molar-refractivity contribution in [3.05, 3.63) is 101 Å². The first-order valence-electron chi connectivity index (χ1n) is 21.5. The number of rotatable bonds is 11. The number of primary amides is 4. The third-order valence-corrected chi connectivity index (χ3v) is 15.9. The van der Waals surface area contributed by atoms with Crippen molar-refractivity contribution >= 4 is 41.6 Å². The van der Waals surface area contributed by atoms with Gasteiger partial charge in [-0.15, -0.1) is 0 Å². The molecule has 328 valence electrons. The molecule has 0 aromatic heterocycles. The second kappa shape index (κ2) is 14.9. The molecule has 6 unspecified atom stereocenters. The molecule has 7 aliphatic rings. The van der Waals surface area contributed by atoms with Crippen molar-refractivity contribution in [3.63, 3.8) is 0 Å². The van der Waals surface area contributed by atoms with Gasteiger partial charge in [0.15, 0.2) is 0 Å². The monoisotopic (exact) mass is 847 g/mol. The van der Waals surface area contributed by atoms with Crippen LogP contribution in [-0.2, 0) is 52.3 Å². The van der Waals surface area contributed by atoms with Crippen LogP contribution in [0.4, 0.5) is 15.3 Å². The molecule has 9 atom stereocenters. The summed E-state index contributed by atoms with van der Waals surface area (Å²) in [7, 11) is 0. The highest BCUT2D eigenvalue weighted by Gasteiger charge is 2.72. The summed E-state index contributed by atoms with van der Waals surface area (Å²) in [6.45, 7) is 10.5. The van der Waals surface area contributed by atoms with Crippen molar-refractivity contribution in [1.29, 1.82) is 0 Å². The maximum atomic E-state index is 14.8. The van der Waals surface area contributed by atoms with Gasteiger partial charge in [-0.2, -0.15) is 0 Å². The molecule has 3 saturated heterocycles. The van der Waals surface area contributed by atoms with Gasteiger partial charge in [0.25, 0.3) is 11.8 Å². The molecule has 8 N–H and O–H groups in total.